The molecule has 0 fully saturated rings. The van der Waals surface area contributed by atoms with Crippen LogP contribution in [0.15, 0.2) is 29.8 Å². The maximum absolute atomic E-state index is 7.52. The zero-order valence-corrected chi connectivity index (χ0v) is 11.6. The largest absolute Gasteiger partial charge is 0.384 e. The number of amidine groups is 1. The number of anilines is 1. The van der Waals surface area contributed by atoms with Crippen molar-refractivity contribution in [2.24, 2.45) is 5.73 Å². The third-order valence-corrected chi connectivity index (χ3v) is 4.62. The van der Waals surface area contributed by atoms with Gasteiger partial charge in [0.15, 0.2) is 0 Å². The summed E-state index contributed by atoms with van der Waals surface area (Å²) >= 11 is 1.83. The Balaban J connectivity index is 1.95. The lowest BCUT2D eigenvalue weighted by molar-refractivity contribution is 0.625. The summed E-state index contributed by atoms with van der Waals surface area (Å²) in [6, 6.07) is 6.20. The molecule has 2 aromatic heterocycles. The van der Waals surface area contributed by atoms with Crippen molar-refractivity contribution in [1.82, 2.24) is 4.98 Å². The molecule has 3 N–H and O–H groups in total. The van der Waals surface area contributed by atoms with Crippen LogP contribution in [-0.2, 0) is 6.42 Å². The molecule has 0 radical (unpaired) electrons. The monoisotopic (exact) mass is 272 g/mol. The van der Waals surface area contributed by atoms with Crippen molar-refractivity contribution in [3.05, 3.63) is 45.8 Å². The van der Waals surface area contributed by atoms with E-state index in [0.717, 1.165) is 24.3 Å². The van der Waals surface area contributed by atoms with E-state index in [2.05, 4.69) is 28.3 Å². The number of rotatable bonds is 2. The lowest BCUT2D eigenvalue weighted by atomic mass is 10.0. The van der Waals surface area contributed by atoms with Crippen LogP contribution in [0, 0.1) is 5.41 Å². The summed E-state index contributed by atoms with van der Waals surface area (Å²) < 4.78 is 0. The molecular weight excluding hydrogens is 256 g/mol. The van der Waals surface area contributed by atoms with Gasteiger partial charge in [0.2, 0.25) is 0 Å². The van der Waals surface area contributed by atoms with E-state index < -0.39 is 0 Å². The molecule has 0 amide bonds. The second-order valence-corrected chi connectivity index (χ2v) is 5.74. The molecule has 4 nitrogen and oxygen atoms in total. The van der Waals surface area contributed by atoms with Crippen LogP contribution in [0.4, 0.5) is 5.82 Å². The van der Waals surface area contributed by atoms with Gasteiger partial charge < -0.3 is 10.6 Å². The lowest BCUT2D eigenvalue weighted by Gasteiger charge is -2.34. The molecule has 2 aromatic rings. The molecule has 1 aliphatic heterocycles. The molecule has 0 aliphatic carbocycles. The van der Waals surface area contributed by atoms with E-state index >= 15 is 0 Å². The second kappa shape index (κ2) is 4.66. The van der Waals surface area contributed by atoms with Crippen molar-refractivity contribution in [3.63, 3.8) is 0 Å². The molecule has 1 aliphatic rings. The van der Waals surface area contributed by atoms with Crippen molar-refractivity contribution in [2.75, 3.05) is 11.4 Å². The highest BCUT2D eigenvalue weighted by Gasteiger charge is 2.25. The number of thiophene rings is 1. The van der Waals surface area contributed by atoms with Crippen molar-refractivity contribution in [1.29, 1.82) is 5.41 Å². The quantitative estimate of drug-likeness (QED) is 0.652. The molecule has 0 aromatic carbocycles. The SMILES string of the molecule is CC1c2ccsc2CCN1c1cc(C(=N)N)ccn1. The van der Waals surface area contributed by atoms with E-state index in [1.165, 1.54) is 10.4 Å². The first-order chi connectivity index (χ1) is 9.16. The maximum Gasteiger partial charge on any atom is 0.129 e. The summed E-state index contributed by atoms with van der Waals surface area (Å²) in [6.07, 6.45) is 2.78. The Morgan fingerprint density at radius 1 is 1.53 bits per heavy atom. The van der Waals surface area contributed by atoms with Crippen LogP contribution in [0.5, 0.6) is 0 Å². The Morgan fingerprint density at radius 2 is 2.37 bits per heavy atom. The molecule has 1 atom stereocenters. The topological polar surface area (TPSA) is 66.0 Å². The molecule has 5 heteroatoms. The van der Waals surface area contributed by atoms with Crippen LogP contribution >= 0.6 is 11.3 Å². The average Bonchev–Trinajstić information content (AvgIpc) is 2.88. The van der Waals surface area contributed by atoms with Crippen molar-refractivity contribution in [3.8, 4) is 0 Å². The van der Waals surface area contributed by atoms with Crippen LogP contribution in [0.2, 0.25) is 0 Å². The Labute approximate surface area is 116 Å². The number of hydrogen-bond donors (Lipinski definition) is 2. The van der Waals surface area contributed by atoms with Gasteiger partial charge in [-0.25, -0.2) is 4.98 Å². The van der Waals surface area contributed by atoms with Gasteiger partial charge in [0.05, 0.1) is 6.04 Å². The summed E-state index contributed by atoms with van der Waals surface area (Å²) in [5, 5.41) is 9.68. The van der Waals surface area contributed by atoms with Gasteiger partial charge in [-0.15, -0.1) is 11.3 Å². The van der Waals surface area contributed by atoms with Gasteiger partial charge in [0.1, 0.15) is 11.7 Å². The van der Waals surface area contributed by atoms with Crippen molar-refractivity contribution in [2.45, 2.75) is 19.4 Å². The number of hydrogen-bond acceptors (Lipinski definition) is 4. The first kappa shape index (κ1) is 12.2. The molecule has 19 heavy (non-hydrogen) atoms. The highest BCUT2D eigenvalue weighted by Crippen LogP contribution is 2.35. The van der Waals surface area contributed by atoms with E-state index in [9.17, 15) is 0 Å². The minimum atomic E-state index is 0.0875. The smallest absolute Gasteiger partial charge is 0.129 e. The highest BCUT2D eigenvalue weighted by molar-refractivity contribution is 7.10. The molecule has 3 rings (SSSR count). The predicted octanol–water partition coefficient (Wildman–Crippen LogP) is 2.55. The molecule has 0 spiro atoms. The van der Waals surface area contributed by atoms with Crippen LogP contribution in [-0.4, -0.2) is 17.4 Å². The third kappa shape index (κ3) is 2.10. The fourth-order valence-electron chi connectivity index (χ4n) is 2.57. The van der Waals surface area contributed by atoms with E-state index in [1.54, 1.807) is 12.3 Å². The summed E-state index contributed by atoms with van der Waals surface area (Å²) in [5.41, 5.74) is 7.67. The molecule has 3 heterocycles. The Hall–Kier alpha value is -1.88. The van der Waals surface area contributed by atoms with Crippen LogP contribution in [0.25, 0.3) is 0 Å². The van der Waals surface area contributed by atoms with Gasteiger partial charge in [-0.3, -0.25) is 5.41 Å². The lowest BCUT2D eigenvalue weighted by Crippen LogP contribution is -2.33. The Bertz CT molecular complexity index is 619. The summed E-state index contributed by atoms with van der Waals surface area (Å²) in [7, 11) is 0. The fourth-order valence-corrected chi connectivity index (χ4v) is 3.53. The van der Waals surface area contributed by atoms with Crippen molar-refractivity contribution >= 4 is 23.0 Å². The second-order valence-electron chi connectivity index (χ2n) is 4.73. The first-order valence-corrected chi connectivity index (χ1v) is 7.18. The Morgan fingerprint density at radius 3 is 3.16 bits per heavy atom. The summed E-state index contributed by atoms with van der Waals surface area (Å²) in [6.45, 7) is 3.16. The van der Waals surface area contributed by atoms with Gasteiger partial charge in [-0.1, -0.05) is 0 Å². The maximum atomic E-state index is 7.52. The normalized spacial score (nSPS) is 18.2. The molecule has 98 valence electrons. The number of nitrogen functional groups attached to an aromatic ring is 1. The zero-order valence-electron chi connectivity index (χ0n) is 10.8. The van der Waals surface area contributed by atoms with Crippen LogP contribution in [0.3, 0.4) is 0 Å². The van der Waals surface area contributed by atoms with Crippen molar-refractivity contribution < 1.29 is 0 Å². The number of nitrogens with two attached hydrogens (primary N) is 1. The molecular formula is C14H16N4S. The van der Waals surface area contributed by atoms with E-state index in [0.29, 0.717) is 6.04 Å². The molecule has 0 saturated carbocycles. The van der Waals surface area contributed by atoms with Crippen LogP contribution < -0.4 is 10.6 Å². The standard InChI is InChI=1S/C14H16N4S/c1-9-11-4-7-19-12(11)3-6-18(9)13-8-10(14(15)16)2-5-17-13/h2,4-5,7-9H,3,6H2,1H3,(H3,15,16). The van der Waals surface area contributed by atoms with Gasteiger partial charge >= 0.3 is 0 Å². The number of nitrogens with one attached hydrogen (secondary N) is 1. The minimum Gasteiger partial charge on any atom is -0.384 e. The summed E-state index contributed by atoms with van der Waals surface area (Å²) in [4.78, 5) is 8.19. The number of nitrogens with zero attached hydrogens (tertiary/aromatic N) is 2. The molecule has 1 unspecified atom stereocenters. The van der Waals surface area contributed by atoms with Gasteiger partial charge in [-0.05, 0) is 42.5 Å². The minimum absolute atomic E-state index is 0.0875. The highest BCUT2D eigenvalue weighted by atomic mass is 32.1. The predicted molar refractivity (Wildman–Crippen MR) is 79.0 cm³/mol. The summed E-state index contributed by atoms with van der Waals surface area (Å²) in [5.74, 6) is 0.988. The number of fused-ring (bicyclic) bond motifs is 1. The average molecular weight is 272 g/mol. The van der Waals surface area contributed by atoms with Crippen LogP contribution in [0.1, 0.15) is 29.0 Å². The van der Waals surface area contributed by atoms with E-state index in [4.69, 9.17) is 11.1 Å². The van der Waals surface area contributed by atoms with E-state index in [-0.39, 0.29) is 5.84 Å². The Kier molecular flexibility index (Phi) is 2.98. The molecule has 0 saturated heterocycles. The van der Waals surface area contributed by atoms with Gasteiger partial charge in [0.25, 0.3) is 0 Å². The zero-order chi connectivity index (χ0) is 13.4. The number of pyridine rings is 1. The van der Waals surface area contributed by atoms with Gasteiger partial charge in [0, 0.05) is 23.2 Å². The van der Waals surface area contributed by atoms with Gasteiger partial charge in [-0.2, -0.15) is 0 Å². The van der Waals surface area contributed by atoms with E-state index in [1.807, 2.05) is 17.4 Å². The molecule has 0 bridgehead atoms. The first-order valence-electron chi connectivity index (χ1n) is 6.30. The third-order valence-electron chi connectivity index (χ3n) is 3.63. The number of aromatic nitrogens is 1. The fraction of sp³-hybridized carbons (Fsp3) is 0.286.